The Morgan fingerprint density at radius 3 is 0.813 bits per heavy atom. The number of halogens is 3. The number of fused-ring (bicyclic) bond motifs is 4. The SMILES string of the molecule is C=C/C1=C\CC/C=C/C(=N/OCC(=O)N2CCCCC2)Cc2c(Cl)c(C)cc(C)c2C(=O)OCC1.C=C/C1=C\CC/C=C/C(=N/OCC(=O)N2CCCCC2)Cc2cc(C)cc(C)c2C(=O)OCC1.C=C/C1=C\CC/C=C/C(=N\OCC(=O)N2CCCCC2)Cc2c(Cl)c(C)cc(C)c2C(=O)OCC1.C=C/C1=C\CC/C=C/C(=N\OCC(=O)N2CCCCC2)Cc2c(Cl)c(C)cc(C)c2C(=O)OCC1. The van der Waals surface area contributed by atoms with Gasteiger partial charge in [0.1, 0.15) is 0 Å². The molecule has 4 aromatic rings. The number of allylic oxidation sites excluding steroid dienone is 16. The summed E-state index contributed by atoms with van der Waals surface area (Å²) in [6, 6.07) is 9.65. The Kier molecular flexibility index (Phi) is 47.6. The first-order valence-corrected chi connectivity index (χ1v) is 50.2. The first kappa shape index (κ1) is 111. The molecule has 12 rings (SSSR count). The van der Waals surface area contributed by atoms with Gasteiger partial charge in [-0.1, -0.05) is 191 Å². The molecule has 4 aromatic carbocycles. The van der Waals surface area contributed by atoms with Crippen molar-refractivity contribution in [2.45, 2.75) is 235 Å². The summed E-state index contributed by atoms with van der Waals surface area (Å²) in [5.74, 6) is -1.79. The number of rotatable bonds is 16. The van der Waals surface area contributed by atoms with Crippen LogP contribution in [-0.4, -0.2) is 195 Å². The Labute approximate surface area is 837 Å². The van der Waals surface area contributed by atoms with Crippen LogP contribution in [0, 0.1) is 55.4 Å². The number of cyclic esters (lactones) is 4. The fourth-order valence-corrected chi connectivity index (χ4v) is 18.3. The number of hydrogen-bond donors (Lipinski definition) is 0. The fraction of sp³-hybridized carbons (Fsp3) is 0.464. The molecule has 139 heavy (non-hydrogen) atoms. The van der Waals surface area contributed by atoms with Crippen LogP contribution in [0.2, 0.25) is 15.1 Å². The highest BCUT2D eigenvalue weighted by Gasteiger charge is 2.29. The predicted molar refractivity (Wildman–Crippen MR) is 555 cm³/mol. The molecular formula is C112H141Cl3N8O16. The number of esters is 4. The molecule has 0 bridgehead atoms. The minimum atomic E-state index is -0.413. The van der Waals surface area contributed by atoms with Crippen molar-refractivity contribution >= 4 is 105 Å². The summed E-state index contributed by atoms with van der Waals surface area (Å²) >= 11 is 20.1. The second kappa shape index (κ2) is 59.6. The highest BCUT2D eigenvalue weighted by molar-refractivity contribution is 6.34. The summed E-state index contributed by atoms with van der Waals surface area (Å²) in [6.45, 7) is 37.6. The minimum Gasteiger partial charge on any atom is -0.462 e. The van der Waals surface area contributed by atoms with E-state index in [0.717, 1.165) is 247 Å². The lowest BCUT2D eigenvalue weighted by molar-refractivity contribution is -0.137. The standard InChI is InChI=1S/3C28H35ClN2O4.C28H36N2O4/c3*1-4-22-11-7-5-8-12-23(30-35-19-25(32)31-14-9-6-10-15-31)18-24-26(28(33)34-16-13-22)20(2)17-21(3)27(24)29;1-4-23-11-7-5-8-12-25(29-34-20-26(31)30-14-9-6-10-15-30)19-24-18-21(2)17-22(3)27(24)28(32)33-16-13-23/h3*4,8,11-12,17H,1,5-7,9-10,13-16,18-19H2,2-3H3;4,8,11-12,17-18H,1,5-7,9-10,13-16,19-20H2,2-3H3/b2*12-8+,22-11+,30-23+;12-8+,22-11+,30-23-;12-8+,23-11+,29-25-. The van der Waals surface area contributed by atoms with E-state index in [-0.39, 0.29) is 95.1 Å². The number of benzene rings is 4. The summed E-state index contributed by atoms with van der Waals surface area (Å²) < 4.78 is 22.4. The zero-order valence-corrected chi connectivity index (χ0v) is 85.1. The molecule has 8 aliphatic heterocycles. The number of carbonyl (C=O) groups excluding carboxylic acids is 8. The molecule has 4 saturated heterocycles. The Bertz CT molecular complexity index is 5010. The van der Waals surface area contributed by atoms with Crippen LogP contribution >= 0.6 is 34.8 Å². The van der Waals surface area contributed by atoms with Crippen molar-refractivity contribution in [1.29, 1.82) is 0 Å². The van der Waals surface area contributed by atoms with E-state index in [4.69, 9.17) is 73.1 Å². The summed E-state index contributed by atoms with van der Waals surface area (Å²) in [6.07, 6.45) is 54.4. The van der Waals surface area contributed by atoms with Crippen LogP contribution < -0.4 is 0 Å². The minimum absolute atomic E-state index is 0.0355. The van der Waals surface area contributed by atoms with Gasteiger partial charge in [-0.25, -0.2) is 19.2 Å². The Balaban J connectivity index is 0.000000207. The monoisotopic (exact) mass is 1960 g/mol. The molecule has 0 atom stereocenters. The zero-order chi connectivity index (χ0) is 100.0. The third-order valence-electron chi connectivity index (χ3n) is 25.1. The highest BCUT2D eigenvalue weighted by atomic mass is 35.5. The molecule has 0 spiro atoms. The van der Waals surface area contributed by atoms with Crippen LogP contribution in [0.4, 0.5) is 0 Å². The maximum Gasteiger partial charge on any atom is 0.338 e. The lowest BCUT2D eigenvalue weighted by Crippen LogP contribution is -2.37. The molecule has 8 aliphatic rings. The average molecular weight is 1960 g/mol. The number of ether oxygens (including phenoxy) is 4. The number of likely N-dealkylation sites (tertiary alicyclic amines) is 4. The average Bonchev–Trinajstić information content (AvgIpc) is 0.802. The normalized spacial score (nSPS) is 21.3. The summed E-state index contributed by atoms with van der Waals surface area (Å²) in [5, 5.41) is 18.7. The van der Waals surface area contributed by atoms with Crippen molar-refractivity contribution in [3.8, 4) is 0 Å². The molecule has 746 valence electrons. The molecule has 0 N–H and O–H groups in total. The van der Waals surface area contributed by atoms with Crippen LogP contribution in [0.3, 0.4) is 0 Å². The lowest BCUT2D eigenvalue weighted by Gasteiger charge is -2.26. The molecule has 0 saturated carbocycles. The van der Waals surface area contributed by atoms with Gasteiger partial charge in [0.05, 0.1) is 71.5 Å². The van der Waals surface area contributed by atoms with Crippen molar-refractivity contribution in [1.82, 2.24) is 19.6 Å². The second-order valence-electron chi connectivity index (χ2n) is 35.9. The number of oxime groups is 4. The van der Waals surface area contributed by atoms with E-state index in [1.807, 2.05) is 154 Å². The number of carbonyl (C=O) groups is 8. The van der Waals surface area contributed by atoms with Gasteiger partial charge >= 0.3 is 23.9 Å². The fourth-order valence-electron chi connectivity index (χ4n) is 17.6. The van der Waals surface area contributed by atoms with Gasteiger partial charge in [-0.05, 0) is 292 Å². The first-order valence-electron chi connectivity index (χ1n) is 49.1. The maximum atomic E-state index is 13.1. The molecule has 24 nitrogen and oxygen atoms in total. The molecule has 0 radical (unpaired) electrons. The van der Waals surface area contributed by atoms with Crippen molar-refractivity contribution < 1.29 is 76.7 Å². The van der Waals surface area contributed by atoms with Gasteiger partial charge in [-0.3, -0.25) is 19.2 Å². The topological polar surface area (TPSA) is 273 Å². The molecule has 4 fully saturated rings. The molecule has 27 heteroatoms. The number of piperidine rings is 4. The van der Waals surface area contributed by atoms with E-state index in [9.17, 15) is 38.4 Å². The summed E-state index contributed by atoms with van der Waals surface area (Å²) in [4.78, 5) is 131. The van der Waals surface area contributed by atoms with E-state index in [1.54, 1.807) is 18.2 Å². The molecule has 4 amide bonds. The Hall–Kier alpha value is -11.7. The van der Waals surface area contributed by atoms with Crippen LogP contribution in [0.25, 0.3) is 0 Å². The van der Waals surface area contributed by atoms with E-state index < -0.39 is 17.9 Å². The zero-order valence-electron chi connectivity index (χ0n) is 82.8. The summed E-state index contributed by atoms with van der Waals surface area (Å²) in [7, 11) is 0. The van der Waals surface area contributed by atoms with Crippen molar-refractivity contribution in [2.75, 3.05) is 105 Å². The molecule has 0 aliphatic carbocycles. The molecular weight excluding hydrogens is 1820 g/mol. The van der Waals surface area contributed by atoms with Crippen molar-refractivity contribution in [2.24, 2.45) is 20.6 Å². The van der Waals surface area contributed by atoms with E-state index >= 15 is 0 Å². The van der Waals surface area contributed by atoms with Crippen LogP contribution in [0.5, 0.6) is 0 Å². The van der Waals surface area contributed by atoms with E-state index in [2.05, 4.69) is 77.3 Å². The van der Waals surface area contributed by atoms with Gasteiger partial charge in [0.2, 0.25) is 0 Å². The third-order valence-corrected chi connectivity index (χ3v) is 26.7. The van der Waals surface area contributed by atoms with Crippen molar-refractivity contribution in [3.05, 3.63) is 280 Å². The number of hydrogen-bond acceptors (Lipinski definition) is 20. The molecule has 0 unspecified atom stereocenters. The summed E-state index contributed by atoms with van der Waals surface area (Å²) in [5.41, 5.74) is 18.3. The highest BCUT2D eigenvalue weighted by Crippen LogP contribution is 2.35. The van der Waals surface area contributed by atoms with E-state index in [0.29, 0.717) is 116 Å². The van der Waals surface area contributed by atoms with Gasteiger partial charge in [0.15, 0.2) is 26.4 Å². The smallest absolute Gasteiger partial charge is 0.338 e. The largest absolute Gasteiger partial charge is 0.462 e. The quantitative estimate of drug-likeness (QED) is 0.0573. The number of nitrogens with zero attached hydrogens (tertiary/aromatic N) is 8. The Morgan fingerprint density at radius 2 is 0.561 bits per heavy atom. The van der Waals surface area contributed by atoms with Crippen molar-refractivity contribution in [3.63, 3.8) is 0 Å². The van der Waals surface area contributed by atoms with Gasteiger partial charge < -0.3 is 57.9 Å². The predicted octanol–water partition coefficient (Wildman–Crippen LogP) is 22.9. The van der Waals surface area contributed by atoms with Gasteiger partial charge in [-0.2, -0.15) is 0 Å². The third kappa shape index (κ3) is 36.1. The van der Waals surface area contributed by atoms with Crippen LogP contribution in [0.1, 0.15) is 262 Å². The van der Waals surface area contributed by atoms with Crippen LogP contribution in [0.15, 0.2) is 197 Å². The molecule has 0 aromatic heterocycles. The van der Waals surface area contributed by atoms with Crippen LogP contribution in [-0.2, 0) is 83.2 Å². The number of aryl methyl sites for hydroxylation is 8. The van der Waals surface area contributed by atoms with Gasteiger partial charge in [0, 0.05) is 119 Å². The maximum absolute atomic E-state index is 13.1. The molecule has 8 heterocycles. The first-order chi connectivity index (χ1) is 67.2. The lowest BCUT2D eigenvalue weighted by atomic mass is 9.94. The number of amides is 4. The Morgan fingerprint density at radius 1 is 0.324 bits per heavy atom. The van der Waals surface area contributed by atoms with E-state index in [1.165, 1.54) is 6.42 Å². The van der Waals surface area contributed by atoms with Gasteiger partial charge in [0.25, 0.3) is 23.6 Å². The second-order valence-corrected chi connectivity index (χ2v) is 37.1. The van der Waals surface area contributed by atoms with Gasteiger partial charge in [-0.15, -0.1) is 0 Å².